The van der Waals surface area contributed by atoms with E-state index in [1.165, 1.54) is 0 Å². The maximum Gasteiger partial charge on any atom is 0.255 e. The molecule has 1 heterocycles. The molecule has 0 aromatic carbocycles. The van der Waals surface area contributed by atoms with Gasteiger partial charge in [0.1, 0.15) is 0 Å². The van der Waals surface area contributed by atoms with Crippen molar-refractivity contribution >= 4 is 15.9 Å². The van der Waals surface area contributed by atoms with Crippen molar-refractivity contribution in [2.45, 2.75) is 12.8 Å². The summed E-state index contributed by atoms with van der Waals surface area (Å²) in [6.45, 7) is -0.598. The highest BCUT2D eigenvalue weighted by Crippen LogP contribution is 2.19. The van der Waals surface area contributed by atoms with E-state index < -0.39 is 34.8 Å². The van der Waals surface area contributed by atoms with Crippen molar-refractivity contribution in [2.24, 2.45) is 11.1 Å². The van der Waals surface area contributed by atoms with Crippen molar-refractivity contribution in [1.82, 2.24) is 4.90 Å². The standard InChI is InChI=1S/C7H12F2N2O3S/c8-6(9)3-11-2-5(1-7(11)12)4-15(10,13)14/h5-6H,1-4H2,(H2,10,13,14). The van der Waals surface area contributed by atoms with Crippen LogP contribution < -0.4 is 5.14 Å². The summed E-state index contributed by atoms with van der Waals surface area (Å²) >= 11 is 0. The molecule has 2 N–H and O–H groups in total. The molecule has 15 heavy (non-hydrogen) atoms. The van der Waals surface area contributed by atoms with Gasteiger partial charge in [0.05, 0.1) is 12.3 Å². The third kappa shape index (κ3) is 4.08. The molecule has 0 saturated carbocycles. The molecule has 0 bridgehead atoms. The highest BCUT2D eigenvalue weighted by molar-refractivity contribution is 7.89. The van der Waals surface area contributed by atoms with Crippen LogP contribution in [0.25, 0.3) is 0 Å². The molecule has 1 aliphatic rings. The van der Waals surface area contributed by atoms with Gasteiger partial charge in [-0.15, -0.1) is 0 Å². The number of sulfonamides is 1. The van der Waals surface area contributed by atoms with Gasteiger partial charge in [0.2, 0.25) is 15.9 Å². The van der Waals surface area contributed by atoms with E-state index in [2.05, 4.69) is 0 Å². The van der Waals surface area contributed by atoms with Crippen LogP contribution in [0.2, 0.25) is 0 Å². The van der Waals surface area contributed by atoms with E-state index in [1.54, 1.807) is 0 Å². The first-order valence-corrected chi connectivity index (χ1v) is 6.06. The first-order valence-electron chi connectivity index (χ1n) is 4.34. The lowest BCUT2D eigenvalue weighted by atomic mass is 10.1. The molecule has 1 saturated heterocycles. The summed E-state index contributed by atoms with van der Waals surface area (Å²) in [6.07, 6.45) is -2.62. The van der Waals surface area contributed by atoms with Gasteiger partial charge in [-0.05, 0) is 0 Å². The summed E-state index contributed by atoms with van der Waals surface area (Å²) in [4.78, 5) is 12.1. The van der Waals surface area contributed by atoms with E-state index in [1.807, 2.05) is 0 Å². The van der Waals surface area contributed by atoms with Crippen molar-refractivity contribution < 1.29 is 22.0 Å². The number of alkyl halides is 2. The van der Waals surface area contributed by atoms with Gasteiger partial charge in [0, 0.05) is 18.9 Å². The summed E-state index contributed by atoms with van der Waals surface area (Å²) in [7, 11) is -3.65. The topological polar surface area (TPSA) is 80.5 Å². The van der Waals surface area contributed by atoms with Crippen molar-refractivity contribution in [1.29, 1.82) is 0 Å². The number of hydrogen-bond donors (Lipinski definition) is 1. The Labute approximate surface area is 86.3 Å². The highest BCUT2D eigenvalue weighted by atomic mass is 32.2. The fraction of sp³-hybridized carbons (Fsp3) is 0.857. The minimum absolute atomic E-state index is 0.0247. The van der Waals surface area contributed by atoms with Crippen LogP contribution >= 0.6 is 0 Å². The molecule has 1 fully saturated rings. The van der Waals surface area contributed by atoms with Crippen LogP contribution in [-0.2, 0) is 14.8 Å². The number of likely N-dealkylation sites (tertiary alicyclic amines) is 1. The maximum atomic E-state index is 12.0. The number of hydrogen-bond acceptors (Lipinski definition) is 3. The first-order chi connectivity index (χ1) is 6.78. The number of primary sulfonamides is 1. The maximum absolute atomic E-state index is 12.0. The van der Waals surface area contributed by atoms with Gasteiger partial charge in [-0.3, -0.25) is 4.79 Å². The molecular weight excluding hydrogens is 230 g/mol. The normalized spacial score (nSPS) is 22.8. The lowest BCUT2D eigenvalue weighted by molar-refractivity contribution is -0.129. The average molecular weight is 242 g/mol. The molecule has 1 rings (SSSR count). The van der Waals surface area contributed by atoms with Gasteiger partial charge in [-0.25, -0.2) is 22.3 Å². The molecule has 8 heteroatoms. The summed E-state index contributed by atoms with van der Waals surface area (Å²) in [5, 5.41) is 4.80. The monoisotopic (exact) mass is 242 g/mol. The second-order valence-corrected chi connectivity index (χ2v) is 5.25. The number of halogens is 2. The predicted octanol–water partition coefficient (Wildman–Crippen LogP) is -0.611. The van der Waals surface area contributed by atoms with Gasteiger partial charge >= 0.3 is 0 Å². The van der Waals surface area contributed by atoms with Crippen molar-refractivity contribution in [2.75, 3.05) is 18.8 Å². The number of carbonyl (C=O) groups is 1. The molecular formula is C7H12F2N2O3S. The van der Waals surface area contributed by atoms with Crippen LogP contribution in [0.5, 0.6) is 0 Å². The molecule has 0 aromatic rings. The molecule has 0 aromatic heterocycles. The number of nitrogens with two attached hydrogens (primary N) is 1. The zero-order valence-corrected chi connectivity index (χ0v) is 8.71. The van der Waals surface area contributed by atoms with E-state index in [4.69, 9.17) is 5.14 Å². The quantitative estimate of drug-likeness (QED) is 0.714. The van der Waals surface area contributed by atoms with Crippen LogP contribution in [0, 0.1) is 5.92 Å². The Balaban J connectivity index is 2.52. The summed E-state index contributed by atoms with van der Waals surface area (Å²) in [5.74, 6) is -1.24. The largest absolute Gasteiger partial charge is 0.337 e. The third-order valence-corrected chi connectivity index (χ3v) is 3.06. The predicted molar refractivity (Wildman–Crippen MR) is 48.7 cm³/mol. The van der Waals surface area contributed by atoms with E-state index in [-0.39, 0.29) is 18.7 Å². The van der Waals surface area contributed by atoms with E-state index >= 15 is 0 Å². The Morgan fingerprint density at radius 1 is 1.53 bits per heavy atom. The van der Waals surface area contributed by atoms with Crippen molar-refractivity contribution in [3.63, 3.8) is 0 Å². The van der Waals surface area contributed by atoms with Gasteiger partial charge in [0.25, 0.3) is 6.43 Å². The summed E-state index contributed by atoms with van der Waals surface area (Å²) in [6, 6.07) is 0. The number of nitrogens with zero attached hydrogens (tertiary/aromatic N) is 1. The molecule has 1 aliphatic heterocycles. The van der Waals surface area contributed by atoms with Crippen LogP contribution in [0.3, 0.4) is 0 Å². The minimum Gasteiger partial charge on any atom is -0.337 e. The molecule has 1 amide bonds. The van der Waals surface area contributed by atoms with Crippen LogP contribution in [0.1, 0.15) is 6.42 Å². The summed E-state index contributed by atoms with van der Waals surface area (Å²) < 4.78 is 45.4. The van der Waals surface area contributed by atoms with Crippen LogP contribution in [-0.4, -0.2) is 44.5 Å². The fourth-order valence-corrected chi connectivity index (χ4v) is 2.52. The van der Waals surface area contributed by atoms with Gasteiger partial charge in [-0.1, -0.05) is 0 Å². The molecule has 0 aliphatic carbocycles. The Morgan fingerprint density at radius 3 is 2.60 bits per heavy atom. The smallest absolute Gasteiger partial charge is 0.255 e. The van der Waals surface area contributed by atoms with Crippen molar-refractivity contribution in [3.8, 4) is 0 Å². The SMILES string of the molecule is NS(=O)(=O)CC1CC(=O)N(CC(F)F)C1. The fourth-order valence-electron chi connectivity index (χ4n) is 1.64. The Kier molecular flexibility index (Phi) is 3.61. The molecule has 5 nitrogen and oxygen atoms in total. The van der Waals surface area contributed by atoms with E-state index in [9.17, 15) is 22.0 Å². The van der Waals surface area contributed by atoms with Crippen LogP contribution in [0.15, 0.2) is 0 Å². The zero-order chi connectivity index (χ0) is 11.6. The lowest BCUT2D eigenvalue weighted by Crippen LogP contribution is -2.31. The number of amides is 1. The third-order valence-electron chi connectivity index (χ3n) is 2.12. The Morgan fingerprint density at radius 2 is 2.13 bits per heavy atom. The van der Waals surface area contributed by atoms with E-state index in [0.717, 1.165) is 4.90 Å². The summed E-state index contributed by atoms with van der Waals surface area (Å²) in [5.41, 5.74) is 0. The highest BCUT2D eigenvalue weighted by Gasteiger charge is 2.32. The van der Waals surface area contributed by atoms with Gasteiger partial charge < -0.3 is 4.90 Å². The lowest BCUT2D eigenvalue weighted by Gasteiger charge is -2.15. The number of carbonyl (C=O) groups excluding carboxylic acids is 1. The second-order valence-electron chi connectivity index (χ2n) is 3.59. The molecule has 88 valence electrons. The molecule has 1 unspecified atom stereocenters. The van der Waals surface area contributed by atoms with Crippen molar-refractivity contribution in [3.05, 3.63) is 0 Å². The molecule has 1 atom stereocenters. The van der Waals surface area contributed by atoms with Gasteiger partial charge in [0.15, 0.2) is 0 Å². The Hall–Kier alpha value is -0.760. The average Bonchev–Trinajstić information content (AvgIpc) is 2.26. The van der Waals surface area contributed by atoms with Crippen LogP contribution in [0.4, 0.5) is 8.78 Å². The van der Waals surface area contributed by atoms with Gasteiger partial charge in [-0.2, -0.15) is 0 Å². The number of rotatable bonds is 4. The van der Waals surface area contributed by atoms with E-state index in [0.29, 0.717) is 0 Å². The molecule has 0 radical (unpaired) electrons. The Bertz CT molecular complexity index is 344. The molecule has 0 spiro atoms. The zero-order valence-electron chi connectivity index (χ0n) is 7.90. The first kappa shape index (κ1) is 12.3. The minimum atomic E-state index is -3.65. The second kappa shape index (κ2) is 4.40.